The highest BCUT2D eigenvalue weighted by Gasteiger charge is 2.14. The molecule has 1 fully saturated rings. The zero-order valence-corrected chi connectivity index (χ0v) is 6.15. The standard InChI is InChI=1S/C6H15N3/c1-6-5-8-3-4-9(6)7-2/h6-8H,3-5H2,1-2H3. The molecule has 0 aromatic heterocycles. The first kappa shape index (κ1) is 6.99. The molecule has 0 aromatic rings. The van der Waals surface area contributed by atoms with Gasteiger partial charge in [-0.2, -0.15) is 0 Å². The summed E-state index contributed by atoms with van der Waals surface area (Å²) in [6.45, 7) is 5.52. The molecule has 0 aliphatic carbocycles. The van der Waals surface area contributed by atoms with Gasteiger partial charge in [-0.15, -0.1) is 0 Å². The zero-order valence-electron chi connectivity index (χ0n) is 6.15. The van der Waals surface area contributed by atoms with Gasteiger partial charge in [0.2, 0.25) is 0 Å². The summed E-state index contributed by atoms with van der Waals surface area (Å²) in [5, 5.41) is 5.56. The van der Waals surface area contributed by atoms with E-state index in [1.54, 1.807) is 0 Å². The second kappa shape index (κ2) is 3.15. The molecule has 1 saturated heterocycles. The van der Waals surface area contributed by atoms with Crippen LogP contribution in [-0.4, -0.2) is 37.7 Å². The maximum absolute atomic E-state index is 3.32. The SMILES string of the molecule is CNN1CCNCC1C. The Hall–Kier alpha value is -0.120. The van der Waals surface area contributed by atoms with Crippen LogP contribution in [0.1, 0.15) is 6.92 Å². The van der Waals surface area contributed by atoms with E-state index in [0.29, 0.717) is 6.04 Å². The maximum Gasteiger partial charge on any atom is 0.0340 e. The molecule has 1 aliphatic rings. The maximum atomic E-state index is 3.32. The molecule has 0 aromatic carbocycles. The third kappa shape index (κ3) is 1.64. The normalized spacial score (nSPS) is 30.7. The van der Waals surface area contributed by atoms with Crippen molar-refractivity contribution >= 4 is 0 Å². The van der Waals surface area contributed by atoms with Crippen molar-refractivity contribution in [3.8, 4) is 0 Å². The van der Waals surface area contributed by atoms with Crippen molar-refractivity contribution in [3.05, 3.63) is 0 Å². The average Bonchev–Trinajstić information content (AvgIpc) is 1.89. The summed E-state index contributed by atoms with van der Waals surface area (Å²) in [5.41, 5.74) is 3.15. The third-order valence-corrected chi connectivity index (χ3v) is 1.79. The van der Waals surface area contributed by atoms with Gasteiger partial charge in [0, 0.05) is 25.7 Å². The summed E-state index contributed by atoms with van der Waals surface area (Å²) in [4.78, 5) is 0. The number of hydrogen-bond acceptors (Lipinski definition) is 3. The Balaban J connectivity index is 2.30. The number of nitrogens with one attached hydrogen (secondary N) is 2. The van der Waals surface area contributed by atoms with Gasteiger partial charge in [-0.1, -0.05) is 0 Å². The quantitative estimate of drug-likeness (QED) is 0.496. The lowest BCUT2D eigenvalue weighted by atomic mass is 10.2. The minimum absolute atomic E-state index is 0.628. The van der Waals surface area contributed by atoms with Gasteiger partial charge < -0.3 is 5.32 Å². The van der Waals surface area contributed by atoms with E-state index >= 15 is 0 Å². The van der Waals surface area contributed by atoms with E-state index < -0.39 is 0 Å². The number of nitrogens with zero attached hydrogens (tertiary/aromatic N) is 1. The van der Waals surface area contributed by atoms with E-state index in [1.165, 1.54) is 0 Å². The summed E-state index contributed by atoms with van der Waals surface area (Å²) in [5.74, 6) is 0. The van der Waals surface area contributed by atoms with Crippen LogP contribution in [0.4, 0.5) is 0 Å². The molecule has 9 heavy (non-hydrogen) atoms. The Morgan fingerprint density at radius 2 is 2.44 bits per heavy atom. The molecule has 0 radical (unpaired) electrons. The summed E-state index contributed by atoms with van der Waals surface area (Å²) in [6, 6.07) is 0.628. The molecule has 3 heteroatoms. The average molecular weight is 129 g/mol. The van der Waals surface area contributed by atoms with Crippen molar-refractivity contribution in [1.82, 2.24) is 15.8 Å². The van der Waals surface area contributed by atoms with Crippen molar-refractivity contribution in [1.29, 1.82) is 0 Å². The van der Waals surface area contributed by atoms with Crippen LogP contribution in [-0.2, 0) is 0 Å². The number of piperazine rings is 1. The van der Waals surface area contributed by atoms with Gasteiger partial charge in [-0.3, -0.25) is 5.43 Å². The highest BCUT2D eigenvalue weighted by Crippen LogP contribution is 1.95. The Kier molecular flexibility index (Phi) is 2.45. The van der Waals surface area contributed by atoms with Crippen molar-refractivity contribution < 1.29 is 0 Å². The lowest BCUT2D eigenvalue weighted by molar-refractivity contribution is 0.122. The van der Waals surface area contributed by atoms with Gasteiger partial charge >= 0.3 is 0 Å². The van der Waals surface area contributed by atoms with E-state index in [9.17, 15) is 0 Å². The fourth-order valence-corrected chi connectivity index (χ4v) is 1.17. The summed E-state index contributed by atoms with van der Waals surface area (Å²) in [7, 11) is 1.97. The highest BCUT2D eigenvalue weighted by molar-refractivity contribution is 4.71. The van der Waals surface area contributed by atoms with Crippen LogP contribution in [0.3, 0.4) is 0 Å². The largest absolute Gasteiger partial charge is 0.314 e. The molecule has 1 unspecified atom stereocenters. The summed E-state index contributed by atoms with van der Waals surface area (Å²) in [6.07, 6.45) is 0. The van der Waals surface area contributed by atoms with Crippen molar-refractivity contribution in [2.45, 2.75) is 13.0 Å². The first-order valence-corrected chi connectivity index (χ1v) is 3.49. The Morgan fingerprint density at radius 1 is 1.67 bits per heavy atom. The van der Waals surface area contributed by atoms with Crippen molar-refractivity contribution in [3.63, 3.8) is 0 Å². The molecule has 0 spiro atoms. The van der Waals surface area contributed by atoms with Crippen LogP contribution in [0, 0.1) is 0 Å². The van der Waals surface area contributed by atoms with Gasteiger partial charge in [-0.25, -0.2) is 5.01 Å². The first-order chi connectivity index (χ1) is 4.34. The van der Waals surface area contributed by atoms with Gasteiger partial charge in [0.1, 0.15) is 0 Å². The smallest absolute Gasteiger partial charge is 0.0340 e. The van der Waals surface area contributed by atoms with Gasteiger partial charge in [0.05, 0.1) is 0 Å². The van der Waals surface area contributed by atoms with Crippen LogP contribution in [0.5, 0.6) is 0 Å². The van der Waals surface area contributed by atoms with Crippen molar-refractivity contribution in [2.75, 3.05) is 26.7 Å². The van der Waals surface area contributed by atoms with E-state index in [1.807, 2.05) is 7.05 Å². The molecule has 1 rings (SSSR count). The predicted molar refractivity (Wildman–Crippen MR) is 38.1 cm³/mol. The van der Waals surface area contributed by atoms with E-state index in [-0.39, 0.29) is 0 Å². The first-order valence-electron chi connectivity index (χ1n) is 3.49. The minimum atomic E-state index is 0.628. The summed E-state index contributed by atoms with van der Waals surface area (Å²) < 4.78 is 0. The van der Waals surface area contributed by atoms with Crippen molar-refractivity contribution in [2.24, 2.45) is 0 Å². The molecule has 0 bridgehead atoms. The van der Waals surface area contributed by atoms with E-state index in [0.717, 1.165) is 19.6 Å². The Labute approximate surface area is 56.4 Å². The fourth-order valence-electron chi connectivity index (χ4n) is 1.17. The second-order valence-corrected chi connectivity index (χ2v) is 2.47. The minimum Gasteiger partial charge on any atom is -0.314 e. The molecule has 3 nitrogen and oxygen atoms in total. The lowest BCUT2D eigenvalue weighted by Crippen LogP contribution is -2.54. The Bertz CT molecular complexity index is 84.4. The van der Waals surface area contributed by atoms with Crippen LogP contribution >= 0.6 is 0 Å². The van der Waals surface area contributed by atoms with Crippen LogP contribution in [0.2, 0.25) is 0 Å². The predicted octanol–water partition coefficient (Wildman–Crippen LogP) is -0.585. The van der Waals surface area contributed by atoms with Crippen LogP contribution in [0.25, 0.3) is 0 Å². The molecular weight excluding hydrogens is 114 g/mol. The summed E-state index contributed by atoms with van der Waals surface area (Å²) >= 11 is 0. The molecule has 1 atom stereocenters. The molecule has 2 N–H and O–H groups in total. The molecular formula is C6H15N3. The Morgan fingerprint density at radius 3 is 2.89 bits per heavy atom. The van der Waals surface area contributed by atoms with E-state index in [4.69, 9.17) is 0 Å². The van der Waals surface area contributed by atoms with Crippen LogP contribution in [0.15, 0.2) is 0 Å². The molecule has 0 saturated carbocycles. The van der Waals surface area contributed by atoms with Gasteiger partial charge in [-0.05, 0) is 14.0 Å². The lowest BCUT2D eigenvalue weighted by Gasteiger charge is -2.32. The number of hydrazine groups is 1. The monoisotopic (exact) mass is 129 g/mol. The number of rotatable bonds is 1. The van der Waals surface area contributed by atoms with Gasteiger partial charge in [0.25, 0.3) is 0 Å². The molecule has 1 heterocycles. The van der Waals surface area contributed by atoms with E-state index in [2.05, 4.69) is 22.7 Å². The second-order valence-electron chi connectivity index (χ2n) is 2.47. The van der Waals surface area contributed by atoms with Gasteiger partial charge in [0.15, 0.2) is 0 Å². The highest BCUT2D eigenvalue weighted by atomic mass is 15.5. The molecule has 0 amide bonds. The topological polar surface area (TPSA) is 27.3 Å². The fraction of sp³-hybridized carbons (Fsp3) is 1.00. The third-order valence-electron chi connectivity index (χ3n) is 1.79. The molecule has 54 valence electrons. The molecule has 1 aliphatic heterocycles. The number of hydrogen-bond donors (Lipinski definition) is 2. The van der Waals surface area contributed by atoms with Crippen LogP contribution < -0.4 is 10.7 Å². The zero-order chi connectivity index (χ0) is 6.69.